The monoisotopic (exact) mass is 361 g/mol. The van der Waals surface area contributed by atoms with Crippen LogP contribution in [0.5, 0.6) is 0 Å². The van der Waals surface area contributed by atoms with Crippen molar-refractivity contribution in [3.63, 3.8) is 0 Å². The molecule has 0 amide bonds. The SMILES string of the molecule is CCOC(=O)C(C=NC(C)(C)C)C(=O)c1ccc(Cl)c(F)c1Cl. The molecule has 0 spiro atoms. The summed E-state index contributed by atoms with van der Waals surface area (Å²) in [5.41, 5.74) is -0.632. The first-order chi connectivity index (χ1) is 10.6. The number of ether oxygens (including phenoxy) is 1. The van der Waals surface area contributed by atoms with E-state index in [1.807, 2.05) is 20.8 Å². The zero-order chi connectivity index (χ0) is 17.8. The summed E-state index contributed by atoms with van der Waals surface area (Å²) in [5, 5.41) is -0.636. The molecular formula is C16H18Cl2FNO3. The zero-order valence-corrected chi connectivity index (χ0v) is 14.8. The standard InChI is InChI=1S/C16H18Cl2FNO3/c1-5-23-15(22)10(8-20-16(2,3)4)14(21)9-6-7-11(17)13(19)12(9)18/h6-8,10H,5H2,1-4H3. The Hall–Kier alpha value is -1.46. The highest BCUT2D eigenvalue weighted by Crippen LogP contribution is 2.28. The topological polar surface area (TPSA) is 55.7 Å². The number of Topliss-reactive ketones (excluding diaryl/α,β-unsaturated/α-hetero) is 1. The first kappa shape index (κ1) is 19.6. The number of carbonyl (C=O) groups excluding carboxylic acids is 2. The van der Waals surface area contributed by atoms with Crippen molar-refractivity contribution in [1.29, 1.82) is 0 Å². The molecule has 0 aliphatic rings. The Bertz CT molecular complexity index is 639. The second kappa shape index (κ2) is 7.88. The summed E-state index contributed by atoms with van der Waals surface area (Å²) in [5.74, 6) is -3.67. The van der Waals surface area contributed by atoms with Gasteiger partial charge in [0, 0.05) is 11.8 Å². The van der Waals surface area contributed by atoms with Crippen molar-refractivity contribution in [3.05, 3.63) is 33.6 Å². The van der Waals surface area contributed by atoms with Gasteiger partial charge in [0.2, 0.25) is 0 Å². The summed E-state index contributed by atoms with van der Waals surface area (Å²) in [7, 11) is 0. The molecule has 0 saturated heterocycles. The lowest BCUT2D eigenvalue weighted by Crippen LogP contribution is -2.29. The van der Waals surface area contributed by atoms with Gasteiger partial charge in [-0.05, 0) is 39.8 Å². The van der Waals surface area contributed by atoms with E-state index in [9.17, 15) is 14.0 Å². The van der Waals surface area contributed by atoms with Gasteiger partial charge in [0.25, 0.3) is 0 Å². The molecular weight excluding hydrogens is 344 g/mol. The third-order valence-corrected chi connectivity index (χ3v) is 3.40. The molecule has 7 heteroatoms. The molecule has 23 heavy (non-hydrogen) atoms. The summed E-state index contributed by atoms with van der Waals surface area (Å²) >= 11 is 11.4. The quantitative estimate of drug-likeness (QED) is 0.257. The minimum Gasteiger partial charge on any atom is -0.465 e. The molecule has 1 aromatic rings. The maximum Gasteiger partial charge on any atom is 0.322 e. The van der Waals surface area contributed by atoms with E-state index in [0.29, 0.717) is 0 Å². The molecule has 0 fully saturated rings. The van der Waals surface area contributed by atoms with Crippen LogP contribution in [0.4, 0.5) is 4.39 Å². The van der Waals surface area contributed by atoms with E-state index in [1.54, 1.807) is 6.92 Å². The fraction of sp³-hybridized carbons (Fsp3) is 0.438. The van der Waals surface area contributed by atoms with Crippen LogP contribution in [-0.2, 0) is 9.53 Å². The van der Waals surface area contributed by atoms with Crippen LogP contribution in [0.15, 0.2) is 17.1 Å². The molecule has 0 aromatic heterocycles. The van der Waals surface area contributed by atoms with E-state index in [4.69, 9.17) is 27.9 Å². The Labute approximate surface area is 144 Å². The van der Waals surface area contributed by atoms with Crippen molar-refractivity contribution in [2.45, 2.75) is 33.2 Å². The van der Waals surface area contributed by atoms with Crippen molar-refractivity contribution in [2.75, 3.05) is 6.61 Å². The Kier molecular flexibility index (Phi) is 6.71. The van der Waals surface area contributed by atoms with E-state index < -0.39 is 34.0 Å². The maximum absolute atomic E-state index is 13.8. The Morgan fingerprint density at radius 3 is 2.48 bits per heavy atom. The average Bonchev–Trinajstić information content (AvgIpc) is 2.44. The van der Waals surface area contributed by atoms with E-state index in [2.05, 4.69) is 4.99 Å². The molecule has 0 bridgehead atoms. The summed E-state index contributed by atoms with van der Waals surface area (Å²) in [6.07, 6.45) is 1.21. The van der Waals surface area contributed by atoms with Crippen LogP contribution in [0.1, 0.15) is 38.1 Å². The van der Waals surface area contributed by atoms with Crippen LogP contribution in [0.3, 0.4) is 0 Å². The summed E-state index contributed by atoms with van der Waals surface area (Å²) < 4.78 is 18.7. The van der Waals surface area contributed by atoms with Gasteiger partial charge in [0.15, 0.2) is 17.5 Å². The number of aliphatic imine (C=N–C) groups is 1. The number of carbonyl (C=O) groups is 2. The molecule has 0 aliphatic carbocycles. The van der Waals surface area contributed by atoms with Gasteiger partial charge in [-0.15, -0.1) is 0 Å². The second-order valence-electron chi connectivity index (χ2n) is 5.77. The molecule has 0 radical (unpaired) electrons. The van der Waals surface area contributed by atoms with E-state index in [0.717, 1.165) is 0 Å². The highest BCUT2D eigenvalue weighted by atomic mass is 35.5. The molecule has 126 valence electrons. The van der Waals surface area contributed by atoms with Crippen LogP contribution >= 0.6 is 23.2 Å². The van der Waals surface area contributed by atoms with Crippen molar-refractivity contribution in [3.8, 4) is 0 Å². The van der Waals surface area contributed by atoms with Crippen LogP contribution < -0.4 is 0 Å². The number of esters is 1. The average molecular weight is 362 g/mol. The molecule has 0 saturated carbocycles. The fourth-order valence-corrected chi connectivity index (χ4v) is 2.11. The second-order valence-corrected chi connectivity index (χ2v) is 6.55. The van der Waals surface area contributed by atoms with E-state index >= 15 is 0 Å². The fourth-order valence-electron chi connectivity index (χ4n) is 1.65. The molecule has 1 rings (SSSR count). The van der Waals surface area contributed by atoms with Crippen molar-refractivity contribution >= 4 is 41.2 Å². The third-order valence-electron chi connectivity index (χ3n) is 2.73. The Morgan fingerprint density at radius 1 is 1.35 bits per heavy atom. The van der Waals surface area contributed by atoms with Gasteiger partial charge in [-0.2, -0.15) is 0 Å². The number of hydrogen-bond acceptors (Lipinski definition) is 4. The van der Waals surface area contributed by atoms with Gasteiger partial charge in [-0.1, -0.05) is 23.2 Å². The maximum atomic E-state index is 13.8. The predicted molar refractivity (Wildman–Crippen MR) is 89.1 cm³/mol. The highest BCUT2D eigenvalue weighted by Gasteiger charge is 2.30. The van der Waals surface area contributed by atoms with Crippen LogP contribution in [0.25, 0.3) is 0 Å². The third kappa shape index (κ3) is 5.29. The number of rotatable bonds is 5. The predicted octanol–water partition coefficient (Wildman–Crippen LogP) is 4.36. The van der Waals surface area contributed by atoms with Crippen molar-refractivity contribution < 1.29 is 18.7 Å². The van der Waals surface area contributed by atoms with Crippen molar-refractivity contribution in [2.24, 2.45) is 10.9 Å². The minimum atomic E-state index is -1.30. The van der Waals surface area contributed by atoms with Gasteiger partial charge >= 0.3 is 5.97 Å². The summed E-state index contributed by atoms with van der Waals surface area (Å²) in [6.45, 7) is 7.16. The molecule has 0 N–H and O–H groups in total. The van der Waals surface area contributed by atoms with Crippen LogP contribution in [0.2, 0.25) is 10.0 Å². The molecule has 1 atom stereocenters. The van der Waals surface area contributed by atoms with Gasteiger partial charge in [-0.3, -0.25) is 14.6 Å². The summed E-state index contributed by atoms with van der Waals surface area (Å²) in [4.78, 5) is 28.8. The number of nitrogens with zero attached hydrogens (tertiary/aromatic N) is 1. The largest absolute Gasteiger partial charge is 0.465 e. The highest BCUT2D eigenvalue weighted by molar-refractivity contribution is 6.38. The van der Waals surface area contributed by atoms with Gasteiger partial charge < -0.3 is 4.74 Å². The number of benzene rings is 1. The molecule has 1 unspecified atom stereocenters. The van der Waals surface area contributed by atoms with Gasteiger partial charge in [-0.25, -0.2) is 4.39 Å². The van der Waals surface area contributed by atoms with Crippen LogP contribution in [-0.4, -0.2) is 30.1 Å². The molecule has 4 nitrogen and oxygen atoms in total. The van der Waals surface area contributed by atoms with Gasteiger partial charge in [0.05, 0.1) is 22.2 Å². The first-order valence-corrected chi connectivity index (χ1v) is 7.73. The minimum absolute atomic E-state index is 0.106. The van der Waals surface area contributed by atoms with E-state index in [1.165, 1.54) is 18.3 Å². The Balaban J connectivity index is 3.26. The molecule has 0 aliphatic heterocycles. The van der Waals surface area contributed by atoms with E-state index in [-0.39, 0.29) is 17.2 Å². The zero-order valence-electron chi connectivity index (χ0n) is 13.3. The molecule has 1 aromatic carbocycles. The number of hydrogen-bond donors (Lipinski definition) is 0. The smallest absolute Gasteiger partial charge is 0.322 e. The van der Waals surface area contributed by atoms with Crippen LogP contribution in [0, 0.1) is 11.7 Å². The van der Waals surface area contributed by atoms with Gasteiger partial charge in [0.1, 0.15) is 0 Å². The normalized spacial score (nSPS) is 13.2. The van der Waals surface area contributed by atoms with Crippen molar-refractivity contribution in [1.82, 2.24) is 0 Å². The number of halogens is 3. The number of ketones is 1. The summed E-state index contributed by atoms with van der Waals surface area (Å²) in [6, 6.07) is 2.48. The Morgan fingerprint density at radius 2 is 1.96 bits per heavy atom. The first-order valence-electron chi connectivity index (χ1n) is 6.98. The lowest BCUT2D eigenvalue weighted by atomic mass is 9.98. The molecule has 0 heterocycles. The lowest BCUT2D eigenvalue weighted by molar-refractivity contribution is -0.143. The lowest BCUT2D eigenvalue weighted by Gasteiger charge is -2.15.